The van der Waals surface area contributed by atoms with E-state index in [2.05, 4.69) is 0 Å². The number of nitrogens with zero attached hydrogens (tertiary/aromatic N) is 1. The first kappa shape index (κ1) is 19.3. The highest BCUT2D eigenvalue weighted by Crippen LogP contribution is 2.24. The normalized spacial score (nSPS) is 10.6. The molecule has 2 N–H and O–H groups in total. The molecular formula is C16H11F5N2O3. The maximum Gasteiger partial charge on any atom is 0.274 e. The van der Waals surface area contributed by atoms with Gasteiger partial charge in [-0.1, -0.05) is 12.1 Å². The summed E-state index contributed by atoms with van der Waals surface area (Å²) in [4.78, 5) is 24.1. The smallest absolute Gasteiger partial charge is 0.274 e. The third-order valence-electron chi connectivity index (χ3n) is 3.51. The fraction of sp³-hybridized carbons (Fsp3) is 0.125. The van der Waals surface area contributed by atoms with Crippen molar-refractivity contribution in [1.82, 2.24) is 10.4 Å². The molecule has 0 aliphatic heterocycles. The lowest BCUT2D eigenvalue weighted by molar-refractivity contribution is 0.0705. The first-order valence-corrected chi connectivity index (χ1v) is 6.99. The van der Waals surface area contributed by atoms with E-state index in [9.17, 15) is 31.5 Å². The van der Waals surface area contributed by atoms with Crippen molar-refractivity contribution in [2.24, 2.45) is 0 Å². The Bertz CT molecular complexity index is 842. The van der Waals surface area contributed by atoms with Crippen LogP contribution in [0.5, 0.6) is 0 Å². The van der Waals surface area contributed by atoms with Gasteiger partial charge in [0.2, 0.25) is 5.82 Å². The number of benzene rings is 2. The van der Waals surface area contributed by atoms with Gasteiger partial charge in [0.15, 0.2) is 23.3 Å². The second-order valence-electron chi connectivity index (χ2n) is 5.24. The molecule has 0 radical (unpaired) electrons. The van der Waals surface area contributed by atoms with Crippen molar-refractivity contribution in [3.05, 3.63) is 70.0 Å². The van der Waals surface area contributed by atoms with Crippen LogP contribution < -0.4 is 5.48 Å². The molecule has 2 rings (SSSR count). The standard InChI is InChI=1S/C16H11F5N2O3/c1-23(6-7-2-4-8(5-3-7)15(24)22-26)16(25)9-10(17)12(19)14(21)13(20)11(9)18/h2-5,26H,6H2,1H3,(H,22,24). The molecule has 10 heteroatoms. The van der Waals surface area contributed by atoms with Crippen LogP contribution in [-0.4, -0.2) is 29.0 Å². The average Bonchev–Trinajstić information content (AvgIpc) is 2.64. The largest absolute Gasteiger partial charge is 0.337 e. The third kappa shape index (κ3) is 3.49. The van der Waals surface area contributed by atoms with Gasteiger partial charge in [0.05, 0.1) is 0 Å². The van der Waals surface area contributed by atoms with Gasteiger partial charge in [-0.05, 0) is 17.7 Å². The lowest BCUT2D eigenvalue weighted by Crippen LogP contribution is -2.29. The number of nitrogens with one attached hydrogen (secondary N) is 1. The summed E-state index contributed by atoms with van der Waals surface area (Å²) in [5.74, 6) is -13.4. The summed E-state index contributed by atoms with van der Waals surface area (Å²) in [7, 11) is 1.11. The summed E-state index contributed by atoms with van der Waals surface area (Å²) in [5.41, 5.74) is 0.369. The quantitative estimate of drug-likeness (QED) is 0.284. The topological polar surface area (TPSA) is 69.6 Å². The molecule has 0 aliphatic carbocycles. The molecule has 0 aliphatic rings. The van der Waals surface area contributed by atoms with Crippen LogP contribution in [-0.2, 0) is 6.54 Å². The van der Waals surface area contributed by atoms with Gasteiger partial charge in [-0.25, -0.2) is 27.4 Å². The molecule has 2 amide bonds. The molecule has 0 saturated heterocycles. The molecule has 26 heavy (non-hydrogen) atoms. The van der Waals surface area contributed by atoms with Gasteiger partial charge < -0.3 is 4.90 Å². The number of amides is 2. The number of carbonyl (C=O) groups is 2. The second-order valence-corrected chi connectivity index (χ2v) is 5.24. The van der Waals surface area contributed by atoms with E-state index in [0.29, 0.717) is 5.56 Å². The van der Waals surface area contributed by atoms with Gasteiger partial charge in [-0.3, -0.25) is 14.8 Å². The summed E-state index contributed by atoms with van der Waals surface area (Å²) in [6.07, 6.45) is 0. The van der Waals surface area contributed by atoms with Crippen molar-refractivity contribution in [1.29, 1.82) is 0 Å². The van der Waals surface area contributed by atoms with Gasteiger partial charge in [0.1, 0.15) is 5.56 Å². The van der Waals surface area contributed by atoms with E-state index in [-0.39, 0.29) is 12.1 Å². The van der Waals surface area contributed by atoms with E-state index in [1.54, 1.807) is 0 Å². The molecule has 0 unspecified atom stereocenters. The highest BCUT2D eigenvalue weighted by molar-refractivity contribution is 5.95. The van der Waals surface area contributed by atoms with E-state index in [1.165, 1.54) is 29.7 Å². The van der Waals surface area contributed by atoms with Gasteiger partial charge in [-0.15, -0.1) is 0 Å². The van der Waals surface area contributed by atoms with Crippen LogP contribution in [0.4, 0.5) is 22.0 Å². The number of halogens is 5. The number of hydroxylamine groups is 1. The summed E-state index contributed by atoms with van der Waals surface area (Å²) >= 11 is 0. The molecule has 0 atom stereocenters. The molecule has 0 bridgehead atoms. The van der Waals surface area contributed by atoms with Crippen LogP contribution in [0.2, 0.25) is 0 Å². The minimum Gasteiger partial charge on any atom is -0.337 e. The second kappa shape index (κ2) is 7.48. The van der Waals surface area contributed by atoms with Crippen molar-refractivity contribution in [2.45, 2.75) is 6.54 Å². The predicted octanol–water partition coefficient (Wildman–Crippen LogP) is 2.77. The molecule has 0 aromatic heterocycles. The van der Waals surface area contributed by atoms with Crippen LogP contribution >= 0.6 is 0 Å². The molecule has 0 spiro atoms. The van der Waals surface area contributed by atoms with Crippen molar-refractivity contribution < 1.29 is 36.7 Å². The molecule has 2 aromatic rings. The van der Waals surface area contributed by atoms with Gasteiger partial charge in [0, 0.05) is 19.2 Å². The zero-order valence-corrected chi connectivity index (χ0v) is 13.1. The minimum atomic E-state index is -2.35. The van der Waals surface area contributed by atoms with Crippen molar-refractivity contribution in [3.8, 4) is 0 Å². The monoisotopic (exact) mass is 374 g/mol. The van der Waals surface area contributed by atoms with Crippen LogP contribution in [0.3, 0.4) is 0 Å². The van der Waals surface area contributed by atoms with Crippen molar-refractivity contribution in [3.63, 3.8) is 0 Å². The molecule has 0 heterocycles. The van der Waals surface area contributed by atoms with E-state index in [4.69, 9.17) is 5.21 Å². The average molecular weight is 374 g/mol. The molecule has 138 valence electrons. The molecule has 2 aromatic carbocycles. The maximum absolute atomic E-state index is 13.7. The van der Waals surface area contributed by atoms with Crippen molar-refractivity contribution >= 4 is 11.8 Å². The lowest BCUT2D eigenvalue weighted by Gasteiger charge is -2.18. The molecule has 0 fully saturated rings. The fourth-order valence-corrected chi connectivity index (χ4v) is 2.16. The molecule has 0 saturated carbocycles. The lowest BCUT2D eigenvalue weighted by atomic mass is 10.1. The van der Waals surface area contributed by atoms with Crippen LogP contribution in [0, 0.1) is 29.1 Å². The van der Waals surface area contributed by atoms with E-state index in [1.807, 2.05) is 0 Å². The molecule has 5 nitrogen and oxygen atoms in total. The summed E-state index contributed by atoms with van der Waals surface area (Å²) in [6, 6.07) is 5.37. The Labute approximate surface area is 143 Å². The van der Waals surface area contributed by atoms with Gasteiger partial charge >= 0.3 is 0 Å². The van der Waals surface area contributed by atoms with Crippen LogP contribution in [0.25, 0.3) is 0 Å². The SMILES string of the molecule is CN(Cc1ccc(C(=O)NO)cc1)C(=O)c1c(F)c(F)c(F)c(F)c1F. The highest BCUT2D eigenvalue weighted by Gasteiger charge is 2.31. The Balaban J connectivity index is 2.27. The van der Waals surface area contributed by atoms with E-state index >= 15 is 0 Å². The van der Waals surface area contributed by atoms with E-state index < -0.39 is 46.5 Å². The summed E-state index contributed by atoms with van der Waals surface area (Å²) in [6.45, 7) is -0.237. The van der Waals surface area contributed by atoms with Crippen LogP contribution in [0.1, 0.15) is 26.3 Å². The van der Waals surface area contributed by atoms with Gasteiger partial charge in [-0.2, -0.15) is 0 Å². The first-order valence-electron chi connectivity index (χ1n) is 6.99. The fourth-order valence-electron chi connectivity index (χ4n) is 2.16. The Morgan fingerprint density at radius 2 is 1.38 bits per heavy atom. The Morgan fingerprint density at radius 3 is 1.85 bits per heavy atom. The number of hydrogen-bond donors (Lipinski definition) is 2. The third-order valence-corrected chi connectivity index (χ3v) is 3.51. The predicted molar refractivity (Wildman–Crippen MR) is 77.7 cm³/mol. The number of carbonyl (C=O) groups excluding carboxylic acids is 2. The zero-order valence-electron chi connectivity index (χ0n) is 13.1. The maximum atomic E-state index is 13.7. The van der Waals surface area contributed by atoms with Crippen molar-refractivity contribution in [2.75, 3.05) is 7.05 Å². The number of hydrogen-bond acceptors (Lipinski definition) is 3. The number of rotatable bonds is 4. The Morgan fingerprint density at radius 1 is 0.923 bits per heavy atom. The summed E-state index contributed by atoms with van der Waals surface area (Å²) in [5, 5.41) is 8.51. The minimum absolute atomic E-state index is 0.102. The zero-order chi connectivity index (χ0) is 19.6. The molecular weight excluding hydrogens is 363 g/mol. The van der Waals surface area contributed by atoms with Crippen LogP contribution in [0.15, 0.2) is 24.3 Å². The van der Waals surface area contributed by atoms with E-state index in [0.717, 1.165) is 11.9 Å². The highest BCUT2D eigenvalue weighted by atomic mass is 19.2. The van der Waals surface area contributed by atoms with Gasteiger partial charge in [0.25, 0.3) is 11.8 Å². The Hall–Kier alpha value is -3.01. The summed E-state index contributed by atoms with van der Waals surface area (Å²) < 4.78 is 66.9. The Kier molecular flexibility index (Phi) is 5.56. The first-order chi connectivity index (χ1) is 12.2.